The summed E-state index contributed by atoms with van der Waals surface area (Å²) in [4.78, 5) is 0. The van der Waals surface area contributed by atoms with Crippen LogP contribution in [-0.2, 0) is 4.74 Å². The second-order valence-corrected chi connectivity index (χ2v) is 4.23. The Morgan fingerprint density at radius 1 is 1.33 bits per heavy atom. The number of halogens is 1. The van der Waals surface area contributed by atoms with Crippen molar-refractivity contribution >= 4 is 23.4 Å². The van der Waals surface area contributed by atoms with Crippen LogP contribution in [0, 0.1) is 0 Å². The molecular weight excluding hydrogens is 192 g/mol. The average molecular weight is 201 g/mol. The number of hydrogen-bond donors (Lipinski definition) is 0. The molecule has 0 saturated carbocycles. The fraction of sp³-hybridized carbons (Fsp3) is 0.333. The SMILES string of the molecule is Clc1ccc(C2OCCS2)cc1. The van der Waals surface area contributed by atoms with E-state index >= 15 is 0 Å². The van der Waals surface area contributed by atoms with E-state index in [0.29, 0.717) is 0 Å². The average Bonchev–Trinajstić information content (AvgIpc) is 2.58. The maximum atomic E-state index is 5.77. The Morgan fingerprint density at radius 2 is 2.08 bits per heavy atom. The van der Waals surface area contributed by atoms with E-state index in [4.69, 9.17) is 16.3 Å². The summed E-state index contributed by atoms with van der Waals surface area (Å²) in [7, 11) is 0. The standard InChI is InChI=1S/C9H9ClOS/c10-8-3-1-7(2-4-8)9-11-5-6-12-9/h1-4,9H,5-6H2. The van der Waals surface area contributed by atoms with Crippen LogP contribution in [0.1, 0.15) is 11.0 Å². The van der Waals surface area contributed by atoms with Gasteiger partial charge >= 0.3 is 0 Å². The van der Waals surface area contributed by atoms with Crippen molar-refractivity contribution in [3.8, 4) is 0 Å². The third-order valence-corrected chi connectivity index (χ3v) is 3.13. The van der Waals surface area contributed by atoms with E-state index in [1.54, 1.807) is 0 Å². The van der Waals surface area contributed by atoms with Gasteiger partial charge in [-0.2, -0.15) is 0 Å². The van der Waals surface area contributed by atoms with Gasteiger partial charge in [0.05, 0.1) is 6.61 Å². The lowest BCUT2D eigenvalue weighted by Crippen LogP contribution is -1.91. The zero-order valence-corrected chi connectivity index (χ0v) is 8.07. The minimum Gasteiger partial charge on any atom is -0.362 e. The molecular formula is C9H9ClOS. The third kappa shape index (κ3) is 1.76. The van der Waals surface area contributed by atoms with Crippen molar-refractivity contribution in [2.24, 2.45) is 0 Å². The maximum Gasteiger partial charge on any atom is 0.128 e. The molecule has 0 N–H and O–H groups in total. The predicted octanol–water partition coefficient (Wildman–Crippen LogP) is 3.10. The monoisotopic (exact) mass is 200 g/mol. The first kappa shape index (κ1) is 8.42. The van der Waals surface area contributed by atoms with Gasteiger partial charge in [0.25, 0.3) is 0 Å². The van der Waals surface area contributed by atoms with Gasteiger partial charge in [-0.15, -0.1) is 11.8 Å². The van der Waals surface area contributed by atoms with Crippen LogP contribution in [0.3, 0.4) is 0 Å². The van der Waals surface area contributed by atoms with Crippen molar-refractivity contribution in [2.45, 2.75) is 5.44 Å². The zero-order chi connectivity index (χ0) is 8.39. The van der Waals surface area contributed by atoms with Crippen molar-refractivity contribution in [1.29, 1.82) is 0 Å². The number of thioether (sulfide) groups is 1. The number of hydrogen-bond acceptors (Lipinski definition) is 2. The molecule has 0 amide bonds. The summed E-state index contributed by atoms with van der Waals surface area (Å²) in [6.07, 6.45) is 0. The van der Waals surface area contributed by atoms with Crippen LogP contribution in [0.25, 0.3) is 0 Å². The fourth-order valence-electron chi connectivity index (χ4n) is 1.17. The highest BCUT2D eigenvalue weighted by atomic mass is 35.5. The van der Waals surface area contributed by atoms with E-state index in [2.05, 4.69) is 0 Å². The van der Waals surface area contributed by atoms with Gasteiger partial charge in [-0.05, 0) is 17.7 Å². The van der Waals surface area contributed by atoms with E-state index < -0.39 is 0 Å². The first-order valence-corrected chi connectivity index (χ1v) is 5.27. The molecule has 1 heterocycles. The Labute approximate surface area is 81.1 Å². The number of benzene rings is 1. The summed E-state index contributed by atoms with van der Waals surface area (Å²) in [5.41, 5.74) is 1.43. The topological polar surface area (TPSA) is 9.23 Å². The second-order valence-electron chi connectivity index (χ2n) is 2.63. The van der Waals surface area contributed by atoms with Crippen molar-refractivity contribution < 1.29 is 4.74 Å². The van der Waals surface area contributed by atoms with E-state index in [-0.39, 0.29) is 5.44 Å². The number of rotatable bonds is 1. The molecule has 64 valence electrons. The Morgan fingerprint density at radius 3 is 2.67 bits per heavy atom. The molecule has 1 saturated heterocycles. The van der Waals surface area contributed by atoms with Crippen molar-refractivity contribution in [1.82, 2.24) is 0 Å². The molecule has 2 rings (SSSR count). The van der Waals surface area contributed by atoms with Crippen LogP contribution in [0.4, 0.5) is 0 Å². The smallest absolute Gasteiger partial charge is 0.128 e. The van der Waals surface area contributed by atoms with Crippen LogP contribution in [0.5, 0.6) is 0 Å². The molecule has 0 aromatic heterocycles. The zero-order valence-electron chi connectivity index (χ0n) is 6.50. The van der Waals surface area contributed by atoms with Crippen molar-refractivity contribution in [2.75, 3.05) is 12.4 Å². The molecule has 1 nitrogen and oxygen atoms in total. The molecule has 1 aliphatic heterocycles. The summed E-state index contributed by atoms with van der Waals surface area (Å²) >= 11 is 7.61. The normalized spacial score (nSPS) is 22.9. The minimum atomic E-state index is 0.224. The highest BCUT2D eigenvalue weighted by Crippen LogP contribution is 2.34. The molecule has 12 heavy (non-hydrogen) atoms. The molecule has 1 fully saturated rings. The quantitative estimate of drug-likeness (QED) is 0.689. The van der Waals surface area contributed by atoms with Gasteiger partial charge in [0.15, 0.2) is 0 Å². The summed E-state index contributed by atoms with van der Waals surface area (Å²) < 4.78 is 5.50. The van der Waals surface area contributed by atoms with E-state index in [9.17, 15) is 0 Å². The minimum absolute atomic E-state index is 0.224. The summed E-state index contributed by atoms with van der Waals surface area (Å²) in [5.74, 6) is 1.09. The van der Waals surface area contributed by atoms with E-state index in [0.717, 1.165) is 17.4 Å². The van der Waals surface area contributed by atoms with Crippen molar-refractivity contribution in [3.05, 3.63) is 34.9 Å². The Bertz CT molecular complexity index is 254. The Kier molecular flexibility index (Phi) is 2.59. The van der Waals surface area contributed by atoms with Gasteiger partial charge in [0, 0.05) is 10.8 Å². The molecule has 1 unspecified atom stereocenters. The summed E-state index contributed by atoms with van der Waals surface area (Å²) in [6.45, 7) is 0.859. The molecule has 0 radical (unpaired) electrons. The number of ether oxygens (including phenoxy) is 1. The lowest BCUT2D eigenvalue weighted by atomic mass is 10.2. The summed E-state index contributed by atoms with van der Waals surface area (Å²) in [6, 6.07) is 7.84. The Balaban J connectivity index is 2.17. The molecule has 1 aromatic rings. The first-order chi connectivity index (χ1) is 5.86. The van der Waals surface area contributed by atoms with Gasteiger partial charge < -0.3 is 4.74 Å². The second kappa shape index (κ2) is 3.69. The van der Waals surface area contributed by atoms with Crippen LogP contribution in [0.15, 0.2) is 24.3 Å². The largest absolute Gasteiger partial charge is 0.362 e. The molecule has 0 bridgehead atoms. The predicted molar refractivity (Wildman–Crippen MR) is 52.6 cm³/mol. The molecule has 0 spiro atoms. The Hall–Kier alpha value is -0.180. The van der Waals surface area contributed by atoms with Gasteiger partial charge in [0.2, 0.25) is 0 Å². The molecule has 0 aliphatic carbocycles. The fourth-order valence-corrected chi connectivity index (χ4v) is 2.25. The van der Waals surface area contributed by atoms with E-state index in [1.165, 1.54) is 5.56 Å². The molecule has 1 atom stereocenters. The molecule has 1 aromatic carbocycles. The van der Waals surface area contributed by atoms with Crippen molar-refractivity contribution in [3.63, 3.8) is 0 Å². The van der Waals surface area contributed by atoms with Gasteiger partial charge in [-0.25, -0.2) is 0 Å². The first-order valence-electron chi connectivity index (χ1n) is 3.85. The lowest BCUT2D eigenvalue weighted by Gasteiger charge is -2.07. The molecule has 1 aliphatic rings. The molecule has 3 heteroatoms. The van der Waals surface area contributed by atoms with Crippen LogP contribution < -0.4 is 0 Å². The lowest BCUT2D eigenvalue weighted by molar-refractivity contribution is 0.145. The highest BCUT2D eigenvalue weighted by Gasteiger charge is 2.17. The van der Waals surface area contributed by atoms with Crippen LogP contribution >= 0.6 is 23.4 Å². The van der Waals surface area contributed by atoms with Crippen LogP contribution in [-0.4, -0.2) is 12.4 Å². The maximum absolute atomic E-state index is 5.77. The highest BCUT2D eigenvalue weighted by molar-refractivity contribution is 7.99. The van der Waals surface area contributed by atoms with Crippen LogP contribution in [0.2, 0.25) is 5.02 Å². The van der Waals surface area contributed by atoms with Gasteiger partial charge in [-0.1, -0.05) is 23.7 Å². The summed E-state index contributed by atoms with van der Waals surface area (Å²) in [5, 5.41) is 0.779. The van der Waals surface area contributed by atoms with E-state index in [1.807, 2.05) is 36.0 Å². The third-order valence-electron chi connectivity index (χ3n) is 1.76. The van der Waals surface area contributed by atoms with Gasteiger partial charge in [0.1, 0.15) is 5.44 Å². The van der Waals surface area contributed by atoms with Gasteiger partial charge in [-0.3, -0.25) is 0 Å².